The van der Waals surface area contributed by atoms with E-state index in [0.29, 0.717) is 16.7 Å². The Morgan fingerprint density at radius 2 is 1.96 bits per heavy atom. The van der Waals surface area contributed by atoms with Crippen LogP contribution < -0.4 is 5.32 Å². The second-order valence-electron chi connectivity index (χ2n) is 7.62. The van der Waals surface area contributed by atoms with Crippen LogP contribution in [0, 0.1) is 16.7 Å². The second-order valence-corrected chi connectivity index (χ2v) is 7.62. The number of nitrogens with zero attached hydrogens (tertiary/aromatic N) is 2. The minimum Gasteiger partial charge on any atom is -0.351 e. The first kappa shape index (κ1) is 16.6. The molecule has 2 fully saturated rings. The number of H-pyrrole nitrogens is 1. The minimum atomic E-state index is -0.558. The van der Waals surface area contributed by atoms with Gasteiger partial charge in [-0.3, -0.25) is 9.59 Å². The summed E-state index contributed by atoms with van der Waals surface area (Å²) in [6.45, 7) is 3.32. The Kier molecular flexibility index (Phi) is 3.95. The van der Waals surface area contributed by atoms with Crippen LogP contribution in [0.3, 0.4) is 0 Å². The lowest BCUT2D eigenvalue weighted by molar-refractivity contribution is -0.134. The molecule has 2 amide bonds. The van der Waals surface area contributed by atoms with Crippen molar-refractivity contribution in [3.63, 3.8) is 0 Å². The van der Waals surface area contributed by atoms with Crippen LogP contribution in [0.15, 0.2) is 24.3 Å². The van der Waals surface area contributed by atoms with E-state index in [-0.39, 0.29) is 11.8 Å². The van der Waals surface area contributed by atoms with Gasteiger partial charge in [-0.2, -0.15) is 5.26 Å². The van der Waals surface area contributed by atoms with Crippen LogP contribution >= 0.6 is 0 Å². The fourth-order valence-corrected chi connectivity index (χ4v) is 3.81. The van der Waals surface area contributed by atoms with Crippen molar-refractivity contribution in [3.8, 4) is 6.07 Å². The van der Waals surface area contributed by atoms with Crippen molar-refractivity contribution in [2.45, 2.75) is 38.6 Å². The average molecular weight is 350 g/mol. The molecule has 6 nitrogen and oxygen atoms in total. The molecule has 1 aromatic carbocycles. The maximum Gasteiger partial charge on any atom is 0.268 e. The van der Waals surface area contributed by atoms with Crippen molar-refractivity contribution in [1.29, 1.82) is 5.26 Å². The molecule has 6 heteroatoms. The lowest BCUT2D eigenvalue weighted by Gasteiger charge is -2.33. The quantitative estimate of drug-likeness (QED) is 0.891. The van der Waals surface area contributed by atoms with E-state index in [1.54, 1.807) is 31.2 Å². The minimum absolute atomic E-state index is 0.0169. The summed E-state index contributed by atoms with van der Waals surface area (Å²) in [4.78, 5) is 30.0. The van der Waals surface area contributed by atoms with E-state index in [9.17, 15) is 9.59 Å². The van der Waals surface area contributed by atoms with E-state index < -0.39 is 6.04 Å². The molecule has 2 aliphatic rings. The van der Waals surface area contributed by atoms with Crippen LogP contribution in [0.1, 0.15) is 48.7 Å². The highest BCUT2D eigenvalue weighted by Crippen LogP contribution is 2.53. The highest BCUT2D eigenvalue weighted by atomic mass is 16.2. The van der Waals surface area contributed by atoms with E-state index in [2.05, 4.69) is 16.4 Å². The van der Waals surface area contributed by atoms with Crippen molar-refractivity contribution in [2.75, 3.05) is 13.1 Å². The molecule has 1 aromatic heterocycles. The highest BCUT2D eigenvalue weighted by molar-refractivity contribution is 6.00. The van der Waals surface area contributed by atoms with Gasteiger partial charge in [0.05, 0.1) is 11.6 Å². The molecule has 0 bridgehead atoms. The monoisotopic (exact) mass is 350 g/mol. The zero-order valence-electron chi connectivity index (χ0n) is 14.8. The Bertz CT molecular complexity index is 910. The third-order valence-electron chi connectivity index (χ3n) is 5.81. The maximum absolute atomic E-state index is 12.6. The van der Waals surface area contributed by atoms with Crippen molar-refractivity contribution in [1.82, 2.24) is 15.2 Å². The van der Waals surface area contributed by atoms with Crippen LogP contribution in [0.2, 0.25) is 0 Å². The Morgan fingerprint density at radius 3 is 2.62 bits per heavy atom. The molecule has 4 rings (SSSR count). The number of amides is 2. The topological polar surface area (TPSA) is 89.0 Å². The zero-order chi connectivity index (χ0) is 18.3. The number of carbonyl (C=O) groups is 2. The predicted octanol–water partition coefficient (Wildman–Crippen LogP) is 2.56. The van der Waals surface area contributed by atoms with Crippen LogP contribution in [0.4, 0.5) is 0 Å². The number of nitrogens with one attached hydrogen (secondary N) is 2. The predicted molar refractivity (Wildman–Crippen MR) is 97.4 cm³/mol. The number of hydrogen-bond donors (Lipinski definition) is 2. The van der Waals surface area contributed by atoms with Gasteiger partial charge in [-0.15, -0.1) is 0 Å². The summed E-state index contributed by atoms with van der Waals surface area (Å²) in [6.07, 6.45) is 4.77. The largest absolute Gasteiger partial charge is 0.351 e. The molecular weight excluding hydrogens is 328 g/mol. The van der Waals surface area contributed by atoms with Crippen LogP contribution in [0.25, 0.3) is 10.9 Å². The van der Waals surface area contributed by atoms with Gasteiger partial charge in [0.15, 0.2) is 0 Å². The molecule has 1 atom stereocenters. The number of nitriles is 1. The number of aromatic amines is 1. The molecule has 2 heterocycles. The van der Waals surface area contributed by atoms with E-state index in [0.717, 1.165) is 36.8 Å². The second kappa shape index (κ2) is 6.17. The van der Waals surface area contributed by atoms with E-state index >= 15 is 0 Å². The number of hydrogen-bond acceptors (Lipinski definition) is 3. The van der Waals surface area contributed by atoms with Gasteiger partial charge in [0.2, 0.25) is 5.91 Å². The summed E-state index contributed by atoms with van der Waals surface area (Å²) < 4.78 is 0. The number of aromatic nitrogens is 1. The summed E-state index contributed by atoms with van der Waals surface area (Å²) in [5, 5.41) is 12.6. The average Bonchev–Trinajstić information content (AvgIpc) is 3.26. The zero-order valence-corrected chi connectivity index (χ0v) is 14.8. The molecular formula is C20H22N4O2. The standard InChI is InChI=1S/C20H22N4O2/c1-13(19(26)24-8-6-20(4-5-20)7-9-24)22-18(25)17-11-15-10-14(12-21)2-3-16(15)23-17/h2-3,10-11,13,23H,4-9H2,1H3,(H,22,25)/t13-/m0/s1. The SMILES string of the molecule is C[C@H](NC(=O)c1cc2cc(C#N)ccc2[nH]1)C(=O)N1CCC2(CC1)CC2. The molecule has 1 aliphatic heterocycles. The molecule has 0 radical (unpaired) electrons. The first-order valence-electron chi connectivity index (χ1n) is 9.12. The Labute approximate surface area is 152 Å². The molecule has 26 heavy (non-hydrogen) atoms. The number of benzene rings is 1. The molecule has 134 valence electrons. The normalized spacial score (nSPS) is 19.2. The molecule has 1 saturated heterocycles. The molecule has 2 aromatic rings. The molecule has 2 N–H and O–H groups in total. The molecule has 0 unspecified atom stereocenters. The van der Waals surface area contributed by atoms with Crippen molar-refractivity contribution in [3.05, 3.63) is 35.5 Å². The summed E-state index contributed by atoms with van der Waals surface area (Å²) in [5.74, 6) is -0.326. The van der Waals surface area contributed by atoms with Crippen molar-refractivity contribution < 1.29 is 9.59 Å². The fraction of sp³-hybridized carbons (Fsp3) is 0.450. The number of carbonyl (C=O) groups excluding carboxylic acids is 2. The number of fused-ring (bicyclic) bond motifs is 1. The number of piperidine rings is 1. The first-order chi connectivity index (χ1) is 12.5. The number of rotatable bonds is 3. The smallest absolute Gasteiger partial charge is 0.268 e. The van der Waals surface area contributed by atoms with E-state index in [1.165, 1.54) is 12.8 Å². The van der Waals surface area contributed by atoms with Gasteiger partial charge in [0, 0.05) is 24.0 Å². The van der Waals surface area contributed by atoms with Crippen LogP contribution in [-0.4, -0.2) is 40.8 Å². The van der Waals surface area contributed by atoms with Crippen molar-refractivity contribution >= 4 is 22.7 Å². The third-order valence-corrected chi connectivity index (χ3v) is 5.81. The summed E-state index contributed by atoms with van der Waals surface area (Å²) in [7, 11) is 0. The molecule has 1 spiro atoms. The lowest BCUT2D eigenvalue weighted by Crippen LogP contribution is -2.49. The third kappa shape index (κ3) is 3.05. The highest BCUT2D eigenvalue weighted by Gasteiger charge is 2.45. The van der Waals surface area contributed by atoms with Gasteiger partial charge in [0.1, 0.15) is 11.7 Å². The Balaban J connectivity index is 1.40. The van der Waals surface area contributed by atoms with Gasteiger partial charge in [-0.05, 0) is 62.3 Å². The summed E-state index contributed by atoms with van der Waals surface area (Å²) in [6, 6.07) is 8.45. The van der Waals surface area contributed by atoms with E-state index in [1.807, 2.05) is 4.90 Å². The van der Waals surface area contributed by atoms with E-state index in [4.69, 9.17) is 5.26 Å². The fourth-order valence-electron chi connectivity index (χ4n) is 3.81. The number of likely N-dealkylation sites (tertiary alicyclic amines) is 1. The molecule has 1 aliphatic carbocycles. The summed E-state index contributed by atoms with van der Waals surface area (Å²) >= 11 is 0. The maximum atomic E-state index is 12.6. The van der Waals surface area contributed by atoms with Crippen LogP contribution in [-0.2, 0) is 4.79 Å². The first-order valence-corrected chi connectivity index (χ1v) is 9.12. The summed E-state index contributed by atoms with van der Waals surface area (Å²) in [5.41, 5.74) is 2.25. The van der Waals surface area contributed by atoms with Crippen molar-refractivity contribution in [2.24, 2.45) is 5.41 Å². The van der Waals surface area contributed by atoms with Gasteiger partial charge in [0.25, 0.3) is 5.91 Å². The Hall–Kier alpha value is -2.81. The Morgan fingerprint density at radius 1 is 1.23 bits per heavy atom. The van der Waals surface area contributed by atoms with Crippen LogP contribution in [0.5, 0.6) is 0 Å². The van der Waals surface area contributed by atoms with Gasteiger partial charge >= 0.3 is 0 Å². The molecule has 1 saturated carbocycles. The van der Waals surface area contributed by atoms with Gasteiger partial charge in [-0.25, -0.2) is 0 Å². The van der Waals surface area contributed by atoms with Gasteiger partial charge < -0.3 is 15.2 Å². The lowest BCUT2D eigenvalue weighted by atomic mass is 9.93. The van der Waals surface area contributed by atoms with Gasteiger partial charge in [-0.1, -0.05) is 0 Å².